The average molecular weight is 342 g/mol. The highest BCUT2D eigenvalue weighted by molar-refractivity contribution is 6.16. The van der Waals surface area contributed by atoms with Crippen molar-refractivity contribution in [2.75, 3.05) is 16.0 Å². The Balaban J connectivity index is 1.68. The number of amides is 3. The molecular weight excluding hydrogens is 324 g/mol. The molecule has 0 saturated heterocycles. The summed E-state index contributed by atoms with van der Waals surface area (Å²) in [6, 6.07) is 8.33. The van der Waals surface area contributed by atoms with Crippen LogP contribution in [0.15, 0.2) is 34.9 Å². The zero-order valence-corrected chi connectivity index (χ0v) is 13.9. The summed E-state index contributed by atoms with van der Waals surface area (Å²) < 4.78 is 4.90. The van der Waals surface area contributed by atoms with Crippen LogP contribution in [0.4, 0.5) is 17.2 Å². The van der Waals surface area contributed by atoms with Crippen molar-refractivity contribution in [3.8, 4) is 0 Å². The smallest absolute Gasteiger partial charge is 0.241 e. The van der Waals surface area contributed by atoms with Gasteiger partial charge in [-0.25, -0.2) is 0 Å². The van der Waals surface area contributed by atoms with Crippen molar-refractivity contribution in [1.29, 1.82) is 0 Å². The van der Waals surface area contributed by atoms with Crippen LogP contribution in [-0.2, 0) is 14.4 Å². The molecule has 1 aliphatic rings. The number of hydrogen-bond acceptors (Lipinski definition) is 5. The number of carbonyl (C=O) groups is 3. The van der Waals surface area contributed by atoms with Crippen LogP contribution in [0.5, 0.6) is 0 Å². The van der Waals surface area contributed by atoms with E-state index in [9.17, 15) is 14.4 Å². The molecule has 130 valence electrons. The van der Waals surface area contributed by atoms with Gasteiger partial charge in [0, 0.05) is 24.4 Å². The quantitative estimate of drug-likeness (QED) is 0.722. The van der Waals surface area contributed by atoms with E-state index in [1.54, 1.807) is 37.3 Å². The number of hydrogen-bond donors (Lipinski definition) is 3. The fraction of sp³-hybridized carbons (Fsp3) is 0.294. The van der Waals surface area contributed by atoms with Gasteiger partial charge in [-0.3, -0.25) is 14.4 Å². The van der Waals surface area contributed by atoms with Gasteiger partial charge in [-0.15, -0.1) is 0 Å². The third kappa shape index (κ3) is 3.68. The molecule has 2 aromatic rings. The number of anilines is 3. The Labute approximate surface area is 144 Å². The summed E-state index contributed by atoms with van der Waals surface area (Å²) >= 11 is 0. The predicted molar refractivity (Wildman–Crippen MR) is 90.9 cm³/mol. The third-order valence-corrected chi connectivity index (χ3v) is 3.93. The molecule has 25 heavy (non-hydrogen) atoms. The second-order valence-electron chi connectivity index (χ2n) is 6.08. The SMILES string of the molecule is CC(=O)Nc1cccc(NC(=O)C2(C(=O)Nc3cc(C)on3)CC2)c1. The molecule has 1 fully saturated rings. The van der Waals surface area contributed by atoms with E-state index in [-0.39, 0.29) is 17.6 Å². The van der Waals surface area contributed by atoms with E-state index in [0.717, 1.165) is 0 Å². The van der Waals surface area contributed by atoms with Gasteiger partial charge in [0.15, 0.2) is 5.82 Å². The molecule has 0 aliphatic heterocycles. The number of rotatable bonds is 5. The van der Waals surface area contributed by atoms with Gasteiger partial charge < -0.3 is 20.5 Å². The molecule has 0 bridgehead atoms. The Bertz CT molecular complexity index is 839. The van der Waals surface area contributed by atoms with E-state index in [1.807, 2.05) is 0 Å². The summed E-state index contributed by atoms with van der Waals surface area (Å²) in [4.78, 5) is 36.1. The minimum Gasteiger partial charge on any atom is -0.360 e. The van der Waals surface area contributed by atoms with Crippen molar-refractivity contribution < 1.29 is 18.9 Å². The van der Waals surface area contributed by atoms with Gasteiger partial charge in [0.05, 0.1) is 0 Å². The Morgan fingerprint density at radius 1 is 1.04 bits per heavy atom. The lowest BCUT2D eigenvalue weighted by Gasteiger charge is -2.15. The van der Waals surface area contributed by atoms with Gasteiger partial charge >= 0.3 is 0 Å². The van der Waals surface area contributed by atoms with E-state index < -0.39 is 11.3 Å². The number of benzene rings is 1. The fourth-order valence-corrected chi connectivity index (χ4v) is 2.47. The average Bonchev–Trinajstić information content (AvgIpc) is 3.26. The maximum Gasteiger partial charge on any atom is 0.241 e. The zero-order valence-electron chi connectivity index (χ0n) is 13.9. The Morgan fingerprint density at radius 2 is 1.68 bits per heavy atom. The van der Waals surface area contributed by atoms with E-state index in [1.165, 1.54) is 6.92 Å². The van der Waals surface area contributed by atoms with Crippen molar-refractivity contribution in [2.24, 2.45) is 5.41 Å². The topological polar surface area (TPSA) is 113 Å². The van der Waals surface area contributed by atoms with Crippen molar-refractivity contribution in [3.63, 3.8) is 0 Å². The van der Waals surface area contributed by atoms with E-state index in [2.05, 4.69) is 21.1 Å². The Morgan fingerprint density at radius 3 is 2.24 bits per heavy atom. The standard InChI is InChI=1S/C17H18N4O4/c1-10-8-14(21-25-10)20-16(24)17(6-7-17)15(23)19-13-5-3-4-12(9-13)18-11(2)22/h3-5,8-9H,6-7H2,1-2H3,(H,18,22)(H,19,23)(H,20,21,24). The molecule has 3 rings (SSSR count). The van der Waals surface area contributed by atoms with Crippen molar-refractivity contribution in [3.05, 3.63) is 36.1 Å². The molecule has 0 spiro atoms. The largest absolute Gasteiger partial charge is 0.360 e. The van der Waals surface area contributed by atoms with Crippen LogP contribution in [-0.4, -0.2) is 22.9 Å². The number of nitrogens with one attached hydrogen (secondary N) is 3. The lowest BCUT2D eigenvalue weighted by molar-refractivity contribution is -0.131. The monoisotopic (exact) mass is 342 g/mol. The van der Waals surface area contributed by atoms with Crippen LogP contribution in [0.3, 0.4) is 0 Å². The van der Waals surface area contributed by atoms with E-state index >= 15 is 0 Å². The summed E-state index contributed by atoms with van der Waals surface area (Å²) in [7, 11) is 0. The molecule has 0 atom stereocenters. The molecule has 3 amide bonds. The van der Waals surface area contributed by atoms with E-state index in [4.69, 9.17) is 4.52 Å². The molecule has 8 nitrogen and oxygen atoms in total. The molecule has 1 aliphatic carbocycles. The Hall–Kier alpha value is -3.16. The Kier molecular flexibility index (Phi) is 4.26. The summed E-state index contributed by atoms with van der Waals surface area (Å²) in [5, 5.41) is 11.7. The molecular formula is C17H18N4O4. The minimum atomic E-state index is -1.10. The molecule has 1 heterocycles. The maximum atomic E-state index is 12.6. The van der Waals surface area contributed by atoms with Crippen LogP contribution < -0.4 is 16.0 Å². The first kappa shape index (κ1) is 16.7. The lowest BCUT2D eigenvalue weighted by atomic mass is 10.0. The van der Waals surface area contributed by atoms with Gasteiger partial charge in [-0.2, -0.15) is 0 Å². The highest BCUT2D eigenvalue weighted by Gasteiger charge is 2.56. The normalized spacial score (nSPS) is 14.5. The van der Waals surface area contributed by atoms with Crippen LogP contribution in [0.1, 0.15) is 25.5 Å². The second kappa shape index (κ2) is 6.39. The van der Waals surface area contributed by atoms with Crippen molar-refractivity contribution in [1.82, 2.24) is 5.16 Å². The fourth-order valence-electron chi connectivity index (χ4n) is 2.47. The molecule has 8 heteroatoms. The number of carbonyl (C=O) groups excluding carboxylic acids is 3. The maximum absolute atomic E-state index is 12.6. The predicted octanol–water partition coefficient (Wildman–Crippen LogP) is 2.30. The molecule has 0 unspecified atom stereocenters. The first-order chi connectivity index (χ1) is 11.9. The number of aromatic nitrogens is 1. The number of nitrogens with zero attached hydrogens (tertiary/aromatic N) is 1. The van der Waals surface area contributed by atoms with Crippen LogP contribution in [0.2, 0.25) is 0 Å². The molecule has 1 saturated carbocycles. The zero-order chi connectivity index (χ0) is 18.0. The highest BCUT2D eigenvalue weighted by atomic mass is 16.5. The summed E-state index contributed by atoms with van der Waals surface area (Å²) in [5.74, 6) is -0.139. The summed E-state index contributed by atoms with van der Waals surface area (Å²) in [6.45, 7) is 3.12. The van der Waals surface area contributed by atoms with E-state index in [0.29, 0.717) is 30.0 Å². The van der Waals surface area contributed by atoms with Crippen LogP contribution in [0, 0.1) is 12.3 Å². The first-order valence-electron chi connectivity index (χ1n) is 7.83. The van der Waals surface area contributed by atoms with Crippen molar-refractivity contribution >= 4 is 34.9 Å². The van der Waals surface area contributed by atoms with Gasteiger partial charge in [0.2, 0.25) is 17.7 Å². The van der Waals surface area contributed by atoms with Gasteiger partial charge in [0.25, 0.3) is 0 Å². The van der Waals surface area contributed by atoms with Gasteiger partial charge in [-0.05, 0) is 38.0 Å². The first-order valence-corrected chi connectivity index (χ1v) is 7.83. The van der Waals surface area contributed by atoms with Crippen molar-refractivity contribution in [2.45, 2.75) is 26.7 Å². The highest BCUT2D eigenvalue weighted by Crippen LogP contribution is 2.47. The third-order valence-electron chi connectivity index (χ3n) is 3.93. The minimum absolute atomic E-state index is 0.204. The molecule has 3 N–H and O–H groups in total. The summed E-state index contributed by atoms with van der Waals surface area (Å²) in [6.07, 6.45) is 0.930. The lowest BCUT2D eigenvalue weighted by Crippen LogP contribution is -2.35. The van der Waals surface area contributed by atoms with Crippen LogP contribution in [0.25, 0.3) is 0 Å². The van der Waals surface area contributed by atoms with Crippen LogP contribution >= 0.6 is 0 Å². The summed E-state index contributed by atoms with van der Waals surface area (Å²) in [5.41, 5.74) is -0.0260. The number of aryl methyl sites for hydroxylation is 1. The second-order valence-corrected chi connectivity index (χ2v) is 6.08. The van der Waals surface area contributed by atoms with Gasteiger partial charge in [-0.1, -0.05) is 11.2 Å². The molecule has 1 aromatic heterocycles. The van der Waals surface area contributed by atoms with Gasteiger partial charge in [0.1, 0.15) is 11.2 Å². The molecule has 1 aromatic carbocycles. The molecule has 0 radical (unpaired) electrons.